The zero-order valence-electron chi connectivity index (χ0n) is 16.7. The number of methoxy groups -OCH3 is 1. The number of ether oxygens (including phenoxy) is 3. The van der Waals surface area contributed by atoms with Crippen molar-refractivity contribution in [3.8, 4) is 5.75 Å². The molecule has 0 saturated heterocycles. The van der Waals surface area contributed by atoms with Gasteiger partial charge in [0.15, 0.2) is 5.96 Å². The number of rotatable bonds is 12. The van der Waals surface area contributed by atoms with Crippen LogP contribution in [-0.4, -0.2) is 63.7 Å². The summed E-state index contributed by atoms with van der Waals surface area (Å²) in [4.78, 5) is 4.44. The lowest BCUT2D eigenvalue weighted by Crippen LogP contribution is -2.39. The second-order valence-corrected chi connectivity index (χ2v) is 6.01. The Morgan fingerprint density at radius 3 is 2.63 bits per heavy atom. The molecule has 0 spiro atoms. The summed E-state index contributed by atoms with van der Waals surface area (Å²) in [6.07, 6.45) is -0.602. The molecule has 1 atom stereocenters. The number of hydrogen-bond donors (Lipinski definition) is 3. The number of nitrogens with zero attached hydrogens (tertiary/aromatic N) is 1. The third-order valence-electron chi connectivity index (χ3n) is 3.35. The first-order chi connectivity index (χ1) is 12.6. The molecule has 0 bridgehead atoms. The van der Waals surface area contributed by atoms with Crippen molar-refractivity contribution in [1.29, 1.82) is 0 Å². The Hall–Kier alpha value is -1.10. The zero-order chi connectivity index (χ0) is 19.2. The molecular formula is C19H34IN3O4. The van der Waals surface area contributed by atoms with Crippen LogP contribution in [0.15, 0.2) is 29.3 Å². The molecule has 0 aromatic heterocycles. The van der Waals surface area contributed by atoms with E-state index in [0.717, 1.165) is 17.9 Å². The largest absolute Gasteiger partial charge is 0.491 e. The maximum atomic E-state index is 10.4. The van der Waals surface area contributed by atoms with Gasteiger partial charge in [-0.3, -0.25) is 4.99 Å². The lowest BCUT2D eigenvalue weighted by atomic mass is 10.1. The van der Waals surface area contributed by atoms with E-state index in [-0.39, 0.29) is 36.6 Å². The van der Waals surface area contributed by atoms with E-state index in [1.165, 1.54) is 0 Å². The molecule has 27 heavy (non-hydrogen) atoms. The summed E-state index contributed by atoms with van der Waals surface area (Å²) in [6.45, 7) is 9.28. The standard InChI is InChI=1S/C19H33N3O4.HI/c1-5-20-19(21-9-10-25-12-11-24-4)22-14-18(23)16-7-6-8-17(13-16)26-15(2)3;/h6-8,13,15,18,23H,5,9-12,14H2,1-4H3,(H2,20,21,22);1H. The molecule has 156 valence electrons. The van der Waals surface area contributed by atoms with Crippen LogP contribution in [-0.2, 0) is 9.47 Å². The molecule has 1 unspecified atom stereocenters. The number of hydrogen-bond acceptors (Lipinski definition) is 5. The maximum absolute atomic E-state index is 10.4. The average Bonchev–Trinajstić information content (AvgIpc) is 2.61. The van der Waals surface area contributed by atoms with E-state index in [0.29, 0.717) is 32.3 Å². The van der Waals surface area contributed by atoms with Crippen LogP contribution in [0.2, 0.25) is 0 Å². The summed E-state index contributed by atoms with van der Waals surface area (Å²) >= 11 is 0. The topological polar surface area (TPSA) is 84.3 Å². The summed E-state index contributed by atoms with van der Waals surface area (Å²) in [6, 6.07) is 7.48. The summed E-state index contributed by atoms with van der Waals surface area (Å²) in [7, 11) is 1.65. The Kier molecular flexibility index (Phi) is 15.3. The van der Waals surface area contributed by atoms with Crippen molar-refractivity contribution in [3.63, 3.8) is 0 Å². The fourth-order valence-electron chi connectivity index (χ4n) is 2.18. The fraction of sp³-hybridized carbons (Fsp3) is 0.632. The lowest BCUT2D eigenvalue weighted by molar-refractivity contribution is 0.0733. The van der Waals surface area contributed by atoms with E-state index < -0.39 is 6.10 Å². The number of benzene rings is 1. The highest BCUT2D eigenvalue weighted by molar-refractivity contribution is 14.0. The first-order valence-electron chi connectivity index (χ1n) is 9.10. The maximum Gasteiger partial charge on any atom is 0.191 e. The molecule has 0 amide bonds. The zero-order valence-corrected chi connectivity index (χ0v) is 19.1. The number of aliphatic hydroxyl groups is 1. The van der Waals surface area contributed by atoms with Crippen LogP contribution in [0.5, 0.6) is 5.75 Å². The molecule has 0 aliphatic carbocycles. The average molecular weight is 495 g/mol. The van der Waals surface area contributed by atoms with Crippen molar-refractivity contribution in [2.24, 2.45) is 4.99 Å². The van der Waals surface area contributed by atoms with Gasteiger partial charge in [0, 0.05) is 20.2 Å². The monoisotopic (exact) mass is 495 g/mol. The van der Waals surface area contributed by atoms with E-state index in [9.17, 15) is 5.11 Å². The van der Waals surface area contributed by atoms with Crippen LogP contribution in [0.3, 0.4) is 0 Å². The van der Waals surface area contributed by atoms with Gasteiger partial charge in [-0.2, -0.15) is 0 Å². The van der Waals surface area contributed by atoms with Gasteiger partial charge in [0.05, 0.1) is 38.6 Å². The molecule has 1 aromatic carbocycles. The number of aliphatic imine (C=N–C) groups is 1. The number of nitrogens with one attached hydrogen (secondary N) is 2. The molecule has 0 aliphatic heterocycles. The third-order valence-corrected chi connectivity index (χ3v) is 3.35. The molecule has 1 rings (SSSR count). The molecule has 0 radical (unpaired) electrons. The van der Waals surface area contributed by atoms with Crippen LogP contribution in [0.25, 0.3) is 0 Å². The van der Waals surface area contributed by atoms with Crippen LogP contribution >= 0.6 is 24.0 Å². The summed E-state index contributed by atoms with van der Waals surface area (Å²) < 4.78 is 16.0. The van der Waals surface area contributed by atoms with Crippen molar-refractivity contribution in [1.82, 2.24) is 10.6 Å². The predicted octanol–water partition coefficient (Wildman–Crippen LogP) is 2.34. The second-order valence-electron chi connectivity index (χ2n) is 6.01. The number of guanidine groups is 1. The second kappa shape index (κ2) is 15.9. The number of halogens is 1. The summed E-state index contributed by atoms with van der Waals surface area (Å²) in [5.41, 5.74) is 0.783. The first-order valence-corrected chi connectivity index (χ1v) is 9.10. The van der Waals surface area contributed by atoms with Crippen molar-refractivity contribution in [2.75, 3.05) is 46.6 Å². The Bertz CT molecular complexity index is 529. The molecule has 0 saturated carbocycles. The molecule has 0 heterocycles. The molecular weight excluding hydrogens is 461 g/mol. The lowest BCUT2D eigenvalue weighted by Gasteiger charge is -2.15. The van der Waals surface area contributed by atoms with Gasteiger partial charge < -0.3 is 30.0 Å². The minimum Gasteiger partial charge on any atom is -0.491 e. The highest BCUT2D eigenvalue weighted by Crippen LogP contribution is 2.20. The highest BCUT2D eigenvalue weighted by Gasteiger charge is 2.09. The van der Waals surface area contributed by atoms with Crippen LogP contribution in [0.1, 0.15) is 32.4 Å². The first kappa shape index (κ1) is 25.9. The summed E-state index contributed by atoms with van der Waals surface area (Å²) in [5.74, 6) is 1.40. The molecule has 0 fully saturated rings. The smallest absolute Gasteiger partial charge is 0.191 e. The molecule has 3 N–H and O–H groups in total. The highest BCUT2D eigenvalue weighted by atomic mass is 127. The van der Waals surface area contributed by atoms with Crippen LogP contribution < -0.4 is 15.4 Å². The van der Waals surface area contributed by atoms with Crippen LogP contribution in [0.4, 0.5) is 0 Å². The van der Waals surface area contributed by atoms with E-state index in [2.05, 4.69) is 15.6 Å². The van der Waals surface area contributed by atoms with Crippen molar-refractivity contribution in [2.45, 2.75) is 33.0 Å². The molecule has 8 heteroatoms. The predicted molar refractivity (Wildman–Crippen MR) is 119 cm³/mol. The van der Waals surface area contributed by atoms with Gasteiger partial charge in [0.25, 0.3) is 0 Å². The Balaban J connectivity index is 0.00000676. The van der Waals surface area contributed by atoms with Crippen LogP contribution in [0, 0.1) is 0 Å². The Labute approximate surface area is 179 Å². The molecule has 7 nitrogen and oxygen atoms in total. The van der Waals surface area contributed by atoms with Gasteiger partial charge in [-0.25, -0.2) is 0 Å². The van der Waals surface area contributed by atoms with Crippen molar-refractivity contribution >= 4 is 29.9 Å². The van der Waals surface area contributed by atoms with Crippen molar-refractivity contribution < 1.29 is 19.3 Å². The van der Waals surface area contributed by atoms with E-state index in [1.54, 1.807) is 7.11 Å². The molecule has 1 aromatic rings. The molecule has 0 aliphatic rings. The van der Waals surface area contributed by atoms with Gasteiger partial charge in [0.1, 0.15) is 5.75 Å². The third kappa shape index (κ3) is 12.1. The van der Waals surface area contributed by atoms with Gasteiger partial charge in [-0.05, 0) is 38.5 Å². The van der Waals surface area contributed by atoms with E-state index in [4.69, 9.17) is 14.2 Å². The van der Waals surface area contributed by atoms with Gasteiger partial charge in [-0.1, -0.05) is 12.1 Å². The van der Waals surface area contributed by atoms with Gasteiger partial charge in [-0.15, -0.1) is 24.0 Å². The Morgan fingerprint density at radius 1 is 1.19 bits per heavy atom. The fourth-order valence-corrected chi connectivity index (χ4v) is 2.18. The SMILES string of the molecule is CCNC(=NCC(O)c1cccc(OC(C)C)c1)NCCOCCOC.I. The van der Waals surface area contributed by atoms with Gasteiger partial charge >= 0.3 is 0 Å². The Morgan fingerprint density at radius 2 is 1.96 bits per heavy atom. The van der Waals surface area contributed by atoms with Gasteiger partial charge in [0.2, 0.25) is 0 Å². The van der Waals surface area contributed by atoms with Crippen molar-refractivity contribution in [3.05, 3.63) is 29.8 Å². The quantitative estimate of drug-likeness (QED) is 0.179. The number of aliphatic hydroxyl groups excluding tert-OH is 1. The normalized spacial score (nSPS) is 12.4. The van der Waals surface area contributed by atoms with E-state index in [1.807, 2.05) is 45.0 Å². The minimum absolute atomic E-state index is 0. The minimum atomic E-state index is -0.695. The summed E-state index contributed by atoms with van der Waals surface area (Å²) in [5, 5.41) is 16.7. The van der Waals surface area contributed by atoms with E-state index >= 15 is 0 Å².